The van der Waals surface area contributed by atoms with E-state index >= 15 is 0 Å². The Morgan fingerprint density at radius 1 is 1.26 bits per heavy atom. The minimum Gasteiger partial charge on any atom is -0.396 e. The van der Waals surface area contributed by atoms with Crippen LogP contribution in [-0.2, 0) is 0 Å². The van der Waals surface area contributed by atoms with Crippen molar-refractivity contribution in [2.45, 2.75) is 19.9 Å². The SMILES string of the molecule is CC(C)n1c(=O)c(-c2ccc(F)c(N)c2)cc2cnc(Cl)cc21. The van der Waals surface area contributed by atoms with Crippen molar-refractivity contribution >= 4 is 28.2 Å². The number of hydrogen-bond acceptors (Lipinski definition) is 3. The molecule has 0 spiro atoms. The van der Waals surface area contributed by atoms with Crippen molar-refractivity contribution in [3.8, 4) is 11.1 Å². The topological polar surface area (TPSA) is 60.9 Å². The van der Waals surface area contributed by atoms with Crippen molar-refractivity contribution in [2.75, 3.05) is 5.73 Å². The highest BCUT2D eigenvalue weighted by atomic mass is 35.5. The van der Waals surface area contributed by atoms with Crippen LogP contribution in [0.5, 0.6) is 0 Å². The number of hydrogen-bond donors (Lipinski definition) is 1. The maximum Gasteiger partial charge on any atom is 0.259 e. The second kappa shape index (κ2) is 5.66. The average molecular weight is 332 g/mol. The molecule has 3 aromatic rings. The molecule has 6 heteroatoms. The molecule has 0 atom stereocenters. The lowest BCUT2D eigenvalue weighted by atomic mass is 10.0. The van der Waals surface area contributed by atoms with E-state index in [2.05, 4.69) is 4.98 Å². The molecule has 0 saturated heterocycles. The zero-order chi connectivity index (χ0) is 16.7. The number of benzene rings is 1. The monoisotopic (exact) mass is 331 g/mol. The highest BCUT2D eigenvalue weighted by Crippen LogP contribution is 2.26. The maximum atomic E-state index is 13.4. The second-order valence-corrected chi connectivity index (χ2v) is 6.02. The molecule has 2 heterocycles. The van der Waals surface area contributed by atoms with Crippen LogP contribution in [0.15, 0.2) is 41.3 Å². The molecule has 4 nitrogen and oxygen atoms in total. The van der Waals surface area contributed by atoms with E-state index in [1.54, 1.807) is 29.0 Å². The lowest BCUT2D eigenvalue weighted by Crippen LogP contribution is -2.24. The van der Waals surface area contributed by atoms with Crippen LogP contribution in [-0.4, -0.2) is 9.55 Å². The zero-order valence-corrected chi connectivity index (χ0v) is 13.4. The van der Waals surface area contributed by atoms with Crippen LogP contribution in [0.25, 0.3) is 22.0 Å². The van der Waals surface area contributed by atoms with Gasteiger partial charge in [0.05, 0.1) is 11.2 Å². The van der Waals surface area contributed by atoms with Crippen molar-refractivity contribution in [1.82, 2.24) is 9.55 Å². The van der Waals surface area contributed by atoms with Gasteiger partial charge in [-0.05, 0) is 43.7 Å². The number of nitrogens with two attached hydrogens (primary N) is 1. The lowest BCUT2D eigenvalue weighted by molar-refractivity contribution is 0.601. The first kappa shape index (κ1) is 15.5. The van der Waals surface area contributed by atoms with E-state index in [1.165, 1.54) is 12.1 Å². The highest BCUT2D eigenvalue weighted by Gasteiger charge is 2.14. The fourth-order valence-corrected chi connectivity index (χ4v) is 2.79. The molecule has 0 saturated carbocycles. The number of anilines is 1. The number of rotatable bonds is 2. The molecule has 118 valence electrons. The number of pyridine rings is 2. The largest absolute Gasteiger partial charge is 0.396 e. The third kappa shape index (κ3) is 2.68. The standard InChI is InChI=1S/C17H15ClFN3O/c1-9(2)22-15-7-16(18)21-8-11(15)5-12(17(22)23)10-3-4-13(19)14(20)6-10/h3-9H,20H2,1-2H3. The van der Waals surface area contributed by atoms with Gasteiger partial charge in [-0.3, -0.25) is 4.79 Å². The van der Waals surface area contributed by atoms with Crippen molar-refractivity contribution in [2.24, 2.45) is 0 Å². The molecule has 0 aliphatic rings. The van der Waals surface area contributed by atoms with E-state index in [4.69, 9.17) is 17.3 Å². The van der Waals surface area contributed by atoms with Gasteiger partial charge >= 0.3 is 0 Å². The van der Waals surface area contributed by atoms with Crippen molar-refractivity contribution in [3.63, 3.8) is 0 Å². The first-order valence-electron chi connectivity index (χ1n) is 7.14. The van der Waals surface area contributed by atoms with E-state index < -0.39 is 5.82 Å². The molecular formula is C17H15ClFN3O. The van der Waals surface area contributed by atoms with Gasteiger partial charge in [-0.15, -0.1) is 0 Å². The molecule has 23 heavy (non-hydrogen) atoms. The molecule has 0 aliphatic heterocycles. The van der Waals surface area contributed by atoms with Gasteiger partial charge in [0.15, 0.2) is 0 Å². The first-order chi connectivity index (χ1) is 10.9. The van der Waals surface area contributed by atoms with Crippen LogP contribution < -0.4 is 11.3 Å². The fraction of sp³-hybridized carbons (Fsp3) is 0.176. The minimum atomic E-state index is -0.507. The van der Waals surface area contributed by atoms with Gasteiger partial charge in [-0.2, -0.15) is 0 Å². The maximum absolute atomic E-state index is 13.4. The second-order valence-electron chi connectivity index (χ2n) is 5.63. The Labute approximate surface area is 137 Å². The minimum absolute atomic E-state index is 0.00678. The van der Waals surface area contributed by atoms with Crippen LogP contribution in [0.3, 0.4) is 0 Å². The van der Waals surface area contributed by atoms with Gasteiger partial charge in [0.2, 0.25) is 0 Å². The zero-order valence-electron chi connectivity index (χ0n) is 12.7. The Bertz CT molecular complexity index is 966. The summed E-state index contributed by atoms with van der Waals surface area (Å²) in [4.78, 5) is 17.0. The van der Waals surface area contributed by atoms with Gasteiger partial charge in [0.1, 0.15) is 11.0 Å². The summed E-state index contributed by atoms with van der Waals surface area (Å²) >= 11 is 5.96. The summed E-state index contributed by atoms with van der Waals surface area (Å²) in [5, 5.41) is 1.10. The predicted octanol–water partition coefficient (Wildman–Crippen LogP) is 4.02. The summed E-state index contributed by atoms with van der Waals surface area (Å²) in [6, 6.07) is 7.59. The van der Waals surface area contributed by atoms with Crippen LogP contribution in [0, 0.1) is 5.82 Å². The van der Waals surface area contributed by atoms with Gasteiger partial charge in [-0.1, -0.05) is 17.7 Å². The molecule has 2 N–H and O–H groups in total. The van der Waals surface area contributed by atoms with Gasteiger partial charge in [0, 0.05) is 23.2 Å². The normalized spacial score (nSPS) is 11.3. The van der Waals surface area contributed by atoms with Crippen LogP contribution in [0.4, 0.5) is 10.1 Å². The van der Waals surface area contributed by atoms with Crippen LogP contribution in [0.1, 0.15) is 19.9 Å². The molecule has 0 radical (unpaired) electrons. The third-order valence-electron chi connectivity index (χ3n) is 3.71. The molecule has 2 aromatic heterocycles. The van der Waals surface area contributed by atoms with E-state index in [9.17, 15) is 9.18 Å². The summed E-state index contributed by atoms with van der Waals surface area (Å²) in [6.45, 7) is 3.83. The number of halogens is 2. The quantitative estimate of drug-likeness (QED) is 0.570. The Morgan fingerprint density at radius 2 is 2.00 bits per heavy atom. The summed E-state index contributed by atoms with van der Waals surface area (Å²) < 4.78 is 15.0. The fourth-order valence-electron chi connectivity index (χ4n) is 2.64. The third-order valence-corrected chi connectivity index (χ3v) is 3.92. The number of nitrogen functional groups attached to an aromatic ring is 1. The summed E-state index contributed by atoms with van der Waals surface area (Å²) in [5.41, 5.74) is 7.18. The number of nitrogens with zero attached hydrogens (tertiary/aromatic N) is 2. The van der Waals surface area contributed by atoms with E-state index in [1.807, 2.05) is 13.8 Å². The molecule has 1 aromatic carbocycles. The summed E-state index contributed by atoms with van der Waals surface area (Å²) in [5.74, 6) is -0.507. The number of fused-ring (bicyclic) bond motifs is 1. The van der Waals surface area contributed by atoms with E-state index in [-0.39, 0.29) is 17.3 Å². The van der Waals surface area contributed by atoms with Crippen LogP contribution in [0.2, 0.25) is 5.15 Å². The van der Waals surface area contributed by atoms with Gasteiger partial charge < -0.3 is 10.3 Å². The molecular weight excluding hydrogens is 317 g/mol. The van der Waals surface area contributed by atoms with E-state index in [0.29, 0.717) is 21.8 Å². The smallest absolute Gasteiger partial charge is 0.259 e. The van der Waals surface area contributed by atoms with Crippen molar-refractivity contribution < 1.29 is 4.39 Å². The lowest BCUT2D eigenvalue weighted by Gasteiger charge is -2.16. The predicted molar refractivity (Wildman–Crippen MR) is 91.2 cm³/mol. The highest BCUT2D eigenvalue weighted by molar-refractivity contribution is 6.30. The molecule has 0 fully saturated rings. The molecule has 0 bridgehead atoms. The van der Waals surface area contributed by atoms with Gasteiger partial charge in [-0.25, -0.2) is 9.37 Å². The Balaban J connectivity index is 2.38. The molecule has 3 rings (SSSR count). The van der Waals surface area contributed by atoms with Gasteiger partial charge in [0.25, 0.3) is 5.56 Å². The molecule has 0 aliphatic carbocycles. The Kier molecular flexibility index (Phi) is 3.82. The first-order valence-corrected chi connectivity index (χ1v) is 7.52. The Hall–Kier alpha value is -2.40. The summed E-state index contributed by atoms with van der Waals surface area (Å²) in [7, 11) is 0. The molecule has 0 amide bonds. The average Bonchev–Trinajstić information content (AvgIpc) is 2.49. The Morgan fingerprint density at radius 3 is 2.65 bits per heavy atom. The summed E-state index contributed by atoms with van der Waals surface area (Å²) in [6.07, 6.45) is 1.62. The number of aromatic nitrogens is 2. The van der Waals surface area contributed by atoms with Crippen molar-refractivity contribution in [3.05, 3.63) is 57.9 Å². The molecule has 0 unspecified atom stereocenters. The van der Waals surface area contributed by atoms with E-state index in [0.717, 1.165) is 5.39 Å². The van der Waals surface area contributed by atoms with Crippen molar-refractivity contribution in [1.29, 1.82) is 0 Å². The van der Waals surface area contributed by atoms with Crippen LogP contribution >= 0.6 is 11.6 Å².